The number of benzene rings is 1. The lowest BCUT2D eigenvalue weighted by atomic mass is 10.0. The number of rotatable bonds is 3. The Morgan fingerprint density at radius 1 is 1.43 bits per heavy atom. The van der Waals surface area contributed by atoms with Crippen molar-refractivity contribution in [3.05, 3.63) is 33.3 Å². The molecule has 0 aromatic heterocycles. The fourth-order valence-corrected chi connectivity index (χ4v) is 2.50. The first-order chi connectivity index (χ1) is 6.61. The molecular weight excluding hydrogens is 261 g/mol. The first kappa shape index (κ1) is 10.5. The molecule has 0 saturated heterocycles. The van der Waals surface area contributed by atoms with Crippen molar-refractivity contribution in [2.75, 3.05) is 0 Å². The highest BCUT2D eigenvalue weighted by molar-refractivity contribution is 9.10. The molecule has 0 spiro atoms. The van der Waals surface area contributed by atoms with Crippen LogP contribution in [0, 0.1) is 0 Å². The Morgan fingerprint density at radius 2 is 2.14 bits per heavy atom. The average Bonchev–Trinajstić information content (AvgIpc) is 2.83. The third-order valence-corrected chi connectivity index (χ3v) is 3.92. The minimum atomic E-state index is 0.110. The van der Waals surface area contributed by atoms with Crippen LogP contribution in [0.3, 0.4) is 0 Å². The molecule has 3 heteroatoms. The minimum absolute atomic E-state index is 0.110. The molecular formula is C11H13BrClN. The first-order valence-corrected chi connectivity index (χ1v) is 6.00. The van der Waals surface area contributed by atoms with Crippen molar-refractivity contribution in [3.8, 4) is 0 Å². The highest BCUT2D eigenvalue weighted by Gasteiger charge is 2.37. The van der Waals surface area contributed by atoms with Crippen molar-refractivity contribution < 1.29 is 0 Å². The van der Waals surface area contributed by atoms with Crippen LogP contribution in [-0.2, 0) is 6.42 Å². The predicted octanol–water partition coefficient (Wildman–Crippen LogP) is 3.53. The Kier molecular flexibility index (Phi) is 2.87. The Hall–Kier alpha value is -0.0500. The van der Waals surface area contributed by atoms with Gasteiger partial charge in [-0.15, -0.1) is 0 Å². The molecule has 2 rings (SSSR count). The van der Waals surface area contributed by atoms with E-state index in [0.717, 1.165) is 35.2 Å². The summed E-state index contributed by atoms with van der Waals surface area (Å²) in [7, 11) is 0. The van der Waals surface area contributed by atoms with Crippen LogP contribution in [-0.4, -0.2) is 5.54 Å². The van der Waals surface area contributed by atoms with Gasteiger partial charge in [-0.1, -0.05) is 33.6 Å². The van der Waals surface area contributed by atoms with Gasteiger partial charge in [0.15, 0.2) is 0 Å². The van der Waals surface area contributed by atoms with Gasteiger partial charge in [-0.3, -0.25) is 0 Å². The van der Waals surface area contributed by atoms with E-state index >= 15 is 0 Å². The molecule has 0 radical (unpaired) electrons. The van der Waals surface area contributed by atoms with Gasteiger partial charge in [0.1, 0.15) is 0 Å². The maximum Gasteiger partial charge on any atom is 0.0449 e. The smallest absolute Gasteiger partial charge is 0.0449 e. The summed E-state index contributed by atoms with van der Waals surface area (Å²) in [6, 6.07) is 5.90. The van der Waals surface area contributed by atoms with Crippen LogP contribution >= 0.6 is 27.5 Å². The van der Waals surface area contributed by atoms with Crippen molar-refractivity contribution >= 4 is 27.5 Å². The van der Waals surface area contributed by atoms with Crippen LogP contribution in [0.25, 0.3) is 0 Å². The lowest BCUT2D eigenvalue weighted by molar-refractivity contribution is 0.608. The van der Waals surface area contributed by atoms with Crippen LogP contribution in [0.1, 0.15) is 24.8 Å². The Bertz CT molecular complexity index is 327. The van der Waals surface area contributed by atoms with Gasteiger partial charge in [-0.25, -0.2) is 0 Å². The molecule has 76 valence electrons. The quantitative estimate of drug-likeness (QED) is 0.896. The lowest BCUT2D eigenvalue weighted by Crippen LogP contribution is -2.22. The Balaban J connectivity index is 2.08. The maximum atomic E-state index is 6.11. The zero-order valence-electron chi connectivity index (χ0n) is 7.89. The monoisotopic (exact) mass is 273 g/mol. The molecule has 14 heavy (non-hydrogen) atoms. The van der Waals surface area contributed by atoms with Crippen molar-refractivity contribution in [1.82, 2.24) is 0 Å². The van der Waals surface area contributed by atoms with Crippen LogP contribution in [0.5, 0.6) is 0 Å². The molecule has 1 saturated carbocycles. The summed E-state index contributed by atoms with van der Waals surface area (Å²) in [6.45, 7) is 0. The average molecular weight is 275 g/mol. The third-order valence-electron chi connectivity index (χ3n) is 2.83. The lowest BCUT2D eigenvalue weighted by Gasteiger charge is -2.10. The minimum Gasteiger partial charge on any atom is -0.325 e. The number of halogens is 2. The van der Waals surface area contributed by atoms with E-state index in [2.05, 4.69) is 15.9 Å². The fourth-order valence-electron chi connectivity index (χ4n) is 1.56. The second kappa shape index (κ2) is 3.84. The molecule has 1 aliphatic rings. The number of hydrogen-bond donors (Lipinski definition) is 1. The topological polar surface area (TPSA) is 26.0 Å². The van der Waals surface area contributed by atoms with E-state index in [0.29, 0.717) is 0 Å². The summed E-state index contributed by atoms with van der Waals surface area (Å²) in [4.78, 5) is 0. The van der Waals surface area contributed by atoms with Gasteiger partial charge in [0, 0.05) is 15.0 Å². The first-order valence-electron chi connectivity index (χ1n) is 4.82. The largest absolute Gasteiger partial charge is 0.325 e. The third kappa shape index (κ3) is 2.30. The molecule has 0 amide bonds. The van der Waals surface area contributed by atoms with Crippen molar-refractivity contribution in [3.63, 3.8) is 0 Å². The second-order valence-electron chi connectivity index (χ2n) is 4.06. The van der Waals surface area contributed by atoms with Gasteiger partial charge >= 0.3 is 0 Å². The summed E-state index contributed by atoms with van der Waals surface area (Å²) in [5.74, 6) is 0. The molecule has 0 atom stereocenters. The molecule has 1 nitrogen and oxygen atoms in total. The van der Waals surface area contributed by atoms with Gasteiger partial charge < -0.3 is 5.73 Å². The molecule has 0 aliphatic heterocycles. The van der Waals surface area contributed by atoms with Gasteiger partial charge in [0.25, 0.3) is 0 Å². The highest BCUT2D eigenvalue weighted by atomic mass is 79.9. The second-order valence-corrected chi connectivity index (χ2v) is 5.32. The van der Waals surface area contributed by atoms with Gasteiger partial charge in [-0.2, -0.15) is 0 Å². The normalized spacial score (nSPS) is 18.2. The SMILES string of the molecule is NC1(CCc2c(Cl)cccc2Br)CC1. The molecule has 1 aliphatic carbocycles. The summed E-state index contributed by atoms with van der Waals surface area (Å²) < 4.78 is 1.09. The van der Waals surface area contributed by atoms with E-state index in [9.17, 15) is 0 Å². The molecule has 1 aromatic carbocycles. The highest BCUT2D eigenvalue weighted by Crippen LogP contribution is 2.38. The number of hydrogen-bond acceptors (Lipinski definition) is 1. The molecule has 0 bridgehead atoms. The zero-order valence-corrected chi connectivity index (χ0v) is 10.2. The summed E-state index contributed by atoms with van der Waals surface area (Å²) in [5, 5.41) is 0.837. The van der Waals surface area contributed by atoms with Crippen LogP contribution in [0.2, 0.25) is 5.02 Å². The molecule has 1 aromatic rings. The van der Waals surface area contributed by atoms with E-state index in [1.54, 1.807) is 0 Å². The molecule has 2 N–H and O–H groups in total. The summed E-state index contributed by atoms with van der Waals surface area (Å²) >= 11 is 9.62. The summed E-state index contributed by atoms with van der Waals surface area (Å²) in [5.41, 5.74) is 7.33. The standard InChI is InChI=1S/C11H13BrClN/c12-9-2-1-3-10(13)8(9)4-5-11(14)6-7-11/h1-3H,4-7,14H2. The Labute approximate surface area is 97.8 Å². The van der Waals surface area contributed by atoms with Gasteiger partial charge in [0.05, 0.1) is 0 Å². The van der Waals surface area contributed by atoms with E-state index in [1.807, 2.05) is 18.2 Å². The van der Waals surface area contributed by atoms with Crippen molar-refractivity contribution in [1.29, 1.82) is 0 Å². The van der Waals surface area contributed by atoms with E-state index in [-0.39, 0.29) is 5.54 Å². The van der Waals surface area contributed by atoms with Crippen LogP contribution in [0.4, 0.5) is 0 Å². The molecule has 0 heterocycles. The molecule has 1 fully saturated rings. The van der Waals surface area contributed by atoms with Crippen LogP contribution in [0.15, 0.2) is 22.7 Å². The van der Waals surface area contributed by atoms with E-state index in [1.165, 1.54) is 5.56 Å². The van der Waals surface area contributed by atoms with Gasteiger partial charge in [0.2, 0.25) is 0 Å². The number of nitrogens with two attached hydrogens (primary N) is 1. The maximum absolute atomic E-state index is 6.11. The van der Waals surface area contributed by atoms with E-state index in [4.69, 9.17) is 17.3 Å². The fraction of sp³-hybridized carbons (Fsp3) is 0.455. The Morgan fingerprint density at radius 3 is 2.71 bits per heavy atom. The van der Waals surface area contributed by atoms with Crippen LogP contribution < -0.4 is 5.73 Å². The van der Waals surface area contributed by atoms with Gasteiger partial charge in [-0.05, 0) is 43.4 Å². The van der Waals surface area contributed by atoms with Crippen molar-refractivity contribution in [2.24, 2.45) is 5.73 Å². The molecule has 0 unspecified atom stereocenters. The zero-order chi connectivity index (χ0) is 10.2. The summed E-state index contributed by atoms with van der Waals surface area (Å²) in [6.07, 6.45) is 4.33. The van der Waals surface area contributed by atoms with E-state index < -0.39 is 0 Å². The van der Waals surface area contributed by atoms with Crippen molar-refractivity contribution in [2.45, 2.75) is 31.2 Å². The predicted molar refractivity (Wildman–Crippen MR) is 63.6 cm³/mol.